The number of thiophene rings is 1. The summed E-state index contributed by atoms with van der Waals surface area (Å²) in [5.74, 6) is 0.653. The van der Waals surface area contributed by atoms with Gasteiger partial charge in [0.15, 0.2) is 0 Å². The van der Waals surface area contributed by atoms with Crippen LogP contribution in [0.25, 0.3) is 0 Å². The molecule has 26 heavy (non-hydrogen) atoms. The molecule has 3 fully saturated rings. The average Bonchev–Trinajstić information content (AvgIpc) is 3.13. The maximum Gasteiger partial charge on any atom is 0.261 e. The van der Waals surface area contributed by atoms with Gasteiger partial charge in [0.2, 0.25) is 0 Å². The highest BCUT2D eigenvalue weighted by Gasteiger charge is 2.40. The minimum absolute atomic E-state index is 0.0400. The molecule has 6 heteroatoms. The van der Waals surface area contributed by atoms with Crippen LogP contribution >= 0.6 is 23.1 Å². The second kappa shape index (κ2) is 7.43. The van der Waals surface area contributed by atoms with E-state index in [0.717, 1.165) is 14.0 Å². The third-order valence-electron chi connectivity index (χ3n) is 5.46. The van der Waals surface area contributed by atoms with Gasteiger partial charge in [0.25, 0.3) is 5.91 Å². The van der Waals surface area contributed by atoms with E-state index >= 15 is 0 Å². The molecule has 0 spiro atoms. The Bertz CT molecular complexity index is 847. The minimum Gasteiger partial charge on any atom is -0.347 e. The van der Waals surface area contributed by atoms with Crippen molar-refractivity contribution >= 4 is 29.0 Å². The van der Waals surface area contributed by atoms with E-state index in [2.05, 4.69) is 23.2 Å². The molecule has 4 nitrogen and oxygen atoms in total. The molecule has 0 aliphatic carbocycles. The number of nitrogens with zero attached hydrogens (tertiary/aromatic N) is 2. The summed E-state index contributed by atoms with van der Waals surface area (Å²) in [7, 11) is 0. The molecule has 3 aliphatic rings. The monoisotopic (exact) mass is 383 g/mol. The van der Waals surface area contributed by atoms with E-state index in [0.29, 0.717) is 17.5 Å². The standard InChI is InChI=1S/C20H21N3OS2/c1-13-19(15-7-9-23(13)10-8-15)22-20(24)17-5-6-18(26-17)25-16-4-2-3-14(11-16)12-21/h2-6,11,13,15,19H,7-10H2,1H3,(H,22,24). The van der Waals surface area contributed by atoms with Crippen molar-refractivity contribution in [2.75, 3.05) is 13.1 Å². The maximum absolute atomic E-state index is 12.7. The Morgan fingerprint density at radius 2 is 2.12 bits per heavy atom. The van der Waals surface area contributed by atoms with Crippen molar-refractivity contribution in [1.82, 2.24) is 10.2 Å². The molecule has 2 unspecified atom stereocenters. The molecule has 1 aromatic heterocycles. The first-order valence-electron chi connectivity index (χ1n) is 8.97. The van der Waals surface area contributed by atoms with Gasteiger partial charge >= 0.3 is 0 Å². The number of fused-ring (bicyclic) bond motifs is 3. The fraction of sp³-hybridized carbons (Fsp3) is 0.400. The summed E-state index contributed by atoms with van der Waals surface area (Å²) in [5, 5.41) is 12.3. The van der Waals surface area contributed by atoms with Crippen LogP contribution < -0.4 is 5.32 Å². The molecule has 3 aliphatic heterocycles. The van der Waals surface area contributed by atoms with Gasteiger partial charge in [-0.05, 0) is 69.1 Å². The summed E-state index contributed by atoms with van der Waals surface area (Å²) in [6.45, 7) is 4.56. The fourth-order valence-electron chi connectivity index (χ4n) is 4.01. The van der Waals surface area contributed by atoms with Crippen LogP contribution in [-0.4, -0.2) is 36.0 Å². The van der Waals surface area contributed by atoms with E-state index in [1.165, 1.54) is 37.3 Å². The van der Waals surface area contributed by atoms with Crippen LogP contribution in [0.2, 0.25) is 0 Å². The molecule has 5 rings (SSSR count). The number of rotatable bonds is 4. The average molecular weight is 384 g/mol. The fourth-order valence-corrected chi connectivity index (χ4v) is 6.08. The van der Waals surface area contributed by atoms with Gasteiger partial charge in [-0.2, -0.15) is 5.26 Å². The number of carbonyl (C=O) groups excluding carboxylic acids is 1. The Kier molecular flexibility index (Phi) is 5.03. The first-order valence-corrected chi connectivity index (χ1v) is 10.6. The van der Waals surface area contributed by atoms with Gasteiger partial charge in [0.1, 0.15) is 0 Å². The first-order chi connectivity index (χ1) is 12.6. The number of amides is 1. The van der Waals surface area contributed by atoms with Gasteiger partial charge in [0, 0.05) is 17.0 Å². The van der Waals surface area contributed by atoms with Crippen LogP contribution in [0.15, 0.2) is 45.5 Å². The third-order valence-corrected chi connectivity index (χ3v) is 7.67. The van der Waals surface area contributed by atoms with E-state index in [4.69, 9.17) is 5.26 Å². The summed E-state index contributed by atoms with van der Waals surface area (Å²) in [6, 6.07) is 14.3. The van der Waals surface area contributed by atoms with E-state index in [1.807, 2.05) is 30.3 Å². The number of carbonyl (C=O) groups is 1. The molecule has 134 valence electrons. The summed E-state index contributed by atoms with van der Waals surface area (Å²) in [6.07, 6.45) is 2.38. The molecule has 2 bridgehead atoms. The lowest BCUT2D eigenvalue weighted by Crippen LogP contribution is -2.62. The van der Waals surface area contributed by atoms with E-state index < -0.39 is 0 Å². The number of hydrogen-bond acceptors (Lipinski definition) is 5. The minimum atomic E-state index is 0.0400. The summed E-state index contributed by atoms with van der Waals surface area (Å²) in [5.41, 5.74) is 0.654. The Morgan fingerprint density at radius 3 is 2.85 bits per heavy atom. The van der Waals surface area contributed by atoms with E-state index in [9.17, 15) is 4.79 Å². The van der Waals surface area contributed by atoms with Gasteiger partial charge < -0.3 is 5.32 Å². The van der Waals surface area contributed by atoms with Gasteiger partial charge in [-0.3, -0.25) is 9.69 Å². The van der Waals surface area contributed by atoms with Gasteiger partial charge in [0.05, 0.1) is 20.7 Å². The Morgan fingerprint density at radius 1 is 1.31 bits per heavy atom. The Labute approximate surface area is 162 Å². The van der Waals surface area contributed by atoms with Crippen molar-refractivity contribution < 1.29 is 4.79 Å². The zero-order chi connectivity index (χ0) is 18.1. The van der Waals surface area contributed by atoms with Crippen LogP contribution in [0.5, 0.6) is 0 Å². The molecule has 2 aromatic rings. The van der Waals surface area contributed by atoms with Crippen molar-refractivity contribution in [3.63, 3.8) is 0 Å². The molecule has 1 amide bonds. The summed E-state index contributed by atoms with van der Waals surface area (Å²) >= 11 is 3.11. The van der Waals surface area contributed by atoms with Gasteiger partial charge in [-0.1, -0.05) is 17.8 Å². The molecular formula is C20H21N3OS2. The second-order valence-electron chi connectivity index (χ2n) is 6.97. The lowest BCUT2D eigenvalue weighted by atomic mass is 9.79. The topological polar surface area (TPSA) is 56.1 Å². The SMILES string of the molecule is CC1C(NC(=O)c2ccc(Sc3cccc(C#N)c3)s2)C2CCN1CC2. The normalized spacial score (nSPS) is 27.1. The predicted octanol–water partition coefficient (Wildman–Crippen LogP) is 3.98. The van der Waals surface area contributed by atoms with Crippen molar-refractivity contribution in [2.24, 2.45) is 5.92 Å². The van der Waals surface area contributed by atoms with E-state index in [-0.39, 0.29) is 11.9 Å². The molecule has 1 N–H and O–H groups in total. The predicted molar refractivity (Wildman–Crippen MR) is 105 cm³/mol. The maximum atomic E-state index is 12.7. The van der Waals surface area contributed by atoms with Crippen LogP contribution in [0.1, 0.15) is 35.0 Å². The van der Waals surface area contributed by atoms with Crippen molar-refractivity contribution in [2.45, 2.75) is 41.0 Å². The lowest BCUT2D eigenvalue weighted by molar-refractivity contribution is 0.0218. The lowest BCUT2D eigenvalue weighted by Gasteiger charge is -2.49. The number of hydrogen-bond donors (Lipinski definition) is 1. The molecule has 2 atom stereocenters. The highest BCUT2D eigenvalue weighted by atomic mass is 32.2. The zero-order valence-electron chi connectivity index (χ0n) is 14.6. The van der Waals surface area contributed by atoms with Gasteiger partial charge in [-0.15, -0.1) is 11.3 Å². The third kappa shape index (κ3) is 3.52. The number of piperidine rings is 3. The van der Waals surface area contributed by atoms with Crippen LogP contribution in [0, 0.1) is 17.2 Å². The zero-order valence-corrected chi connectivity index (χ0v) is 16.3. The molecule has 0 radical (unpaired) electrons. The van der Waals surface area contributed by atoms with Crippen LogP contribution in [-0.2, 0) is 0 Å². The van der Waals surface area contributed by atoms with Crippen LogP contribution in [0.4, 0.5) is 0 Å². The highest BCUT2D eigenvalue weighted by Crippen LogP contribution is 2.35. The largest absolute Gasteiger partial charge is 0.347 e. The quantitative estimate of drug-likeness (QED) is 0.867. The van der Waals surface area contributed by atoms with Crippen molar-refractivity contribution in [1.29, 1.82) is 5.26 Å². The van der Waals surface area contributed by atoms with Gasteiger partial charge in [-0.25, -0.2) is 0 Å². The van der Waals surface area contributed by atoms with Crippen molar-refractivity contribution in [3.8, 4) is 6.07 Å². The van der Waals surface area contributed by atoms with Crippen molar-refractivity contribution in [3.05, 3.63) is 46.8 Å². The Balaban J connectivity index is 1.42. The Hall–Kier alpha value is -1.81. The number of benzene rings is 1. The molecule has 3 saturated heterocycles. The molecule has 1 aromatic carbocycles. The smallest absolute Gasteiger partial charge is 0.261 e. The molecule has 0 saturated carbocycles. The summed E-state index contributed by atoms with van der Waals surface area (Å²) < 4.78 is 1.06. The van der Waals surface area contributed by atoms with E-state index in [1.54, 1.807) is 17.8 Å². The molecular weight excluding hydrogens is 362 g/mol. The summed E-state index contributed by atoms with van der Waals surface area (Å²) in [4.78, 5) is 17.0. The second-order valence-corrected chi connectivity index (χ2v) is 9.43. The number of nitrogens with one attached hydrogen (secondary N) is 1. The highest BCUT2D eigenvalue weighted by molar-refractivity contribution is 8.01. The first kappa shape index (κ1) is 17.6. The number of nitriles is 1. The van der Waals surface area contributed by atoms with Crippen LogP contribution in [0.3, 0.4) is 0 Å². The molecule has 4 heterocycles.